The van der Waals surface area contributed by atoms with Gasteiger partial charge in [0.15, 0.2) is 0 Å². The molecule has 0 aliphatic heterocycles. The number of fused-ring (bicyclic) bond motifs is 1. The van der Waals surface area contributed by atoms with Gasteiger partial charge in [0.2, 0.25) is 15.8 Å². The van der Waals surface area contributed by atoms with Gasteiger partial charge in [-0.1, -0.05) is 0 Å². The predicted molar refractivity (Wildman–Crippen MR) is 108 cm³/mol. The first-order valence-electron chi connectivity index (χ1n) is 8.51. The minimum absolute atomic E-state index is 0.0122. The number of rotatable bonds is 8. The Morgan fingerprint density at radius 1 is 1.22 bits per heavy atom. The van der Waals surface area contributed by atoms with Gasteiger partial charge in [-0.25, -0.2) is 13.1 Å². The van der Waals surface area contributed by atoms with Crippen molar-refractivity contribution < 1.29 is 17.9 Å². The van der Waals surface area contributed by atoms with Crippen molar-refractivity contribution in [1.82, 2.24) is 9.29 Å². The van der Waals surface area contributed by atoms with E-state index in [4.69, 9.17) is 4.74 Å². The van der Waals surface area contributed by atoms with Crippen LogP contribution in [0.4, 0.5) is 0 Å². The molecule has 2 heterocycles. The highest BCUT2D eigenvalue weighted by atomic mass is 32.2. The van der Waals surface area contributed by atoms with E-state index in [1.807, 2.05) is 13.0 Å². The summed E-state index contributed by atoms with van der Waals surface area (Å²) in [6, 6.07) is 11.1. The molecule has 3 rings (SSSR count). The second-order valence-electron chi connectivity index (χ2n) is 6.39. The molecule has 27 heavy (non-hydrogen) atoms. The number of carbonyl (C=O) groups excluding carboxylic acids is 1. The Hall–Kier alpha value is -2.16. The standard InChI is InChI=1S/C19H22N2O4S2/c1-13-11-15-12-17(18(22)14-5-7-16(25-2)8-6-14)26-19(15)21(13)10-4-9-20-27(3,23)24/h5-8,11-12,20H,4,9-10H2,1-3H3. The number of hydrogen-bond donors (Lipinski definition) is 1. The molecule has 3 aromatic rings. The van der Waals surface area contributed by atoms with E-state index < -0.39 is 10.0 Å². The summed E-state index contributed by atoms with van der Waals surface area (Å²) in [6.45, 7) is 3.09. The number of nitrogens with zero attached hydrogens (tertiary/aromatic N) is 1. The van der Waals surface area contributed by atoms with Crippen LogP contribution in [0.3, 0.4) is 0 Å². The van der Waals surface area contributed by atoms with Crippen molar-refractivity contribution in [2.75, 3.05) is 19.9 Å². The van der Waals surface area contributed by atoms with Gasteiger partial charge >= 0.3 is 0 Å². The topological polar surface area (TPSA) is 77.4 Å². The van der Waals surface area contributed by atoms with Crippen molar-refractivity contribution in [2.24, 2.45) is 0 Å². The Bertz CT molecular complexity index is 1060. The van der Waals surface area contributed by atoms with E-state index >= 15 is 0 Å². The molecule has 0 saturated heterocycles. The lowest BCUT2D eigenvalue weighted by atomic mass is 10.1. The molecule has 0 saturated carbocycles. The summed E-state index contributed by atoms with van der Waals surface area (Å²) in [5.41, 5.74) is 1.72. The lowest BCUT2D eigenvalue weighted by molar-refractivity contribution is 0.104. The summed E-state index contributed by atoms with van der Waals surface area (Å²) in [6.07, 6.45) is 1.83. The van der Waals surface area contributed by atoms with Crippen LogP contribution in [0.2, 0.25) is 0 Å². The van der Waals surface area contributed by atoms with Gasteiger partial charge in [-0.2, -0.15) is 0 Å². The normalized spacial score (nSPS) is 11.8. The van der Waals surface area contributed by atoms with Gasteiger partial charge in [0.05, 0.1) is 18.2 Å². The molecule has 0 atom stereocenters. The van der Waals surface area contributed by atoms with Crippen LogP contribution in [0.1, 0.15) is 27.3 Å². The van der Waals surface area contributed by atoms with E-state index in [9.17, 15) is 13.2 Å². The molecule has 0 amide bonds. The van der Waals surface area contributed by atoms with E-state index in [0.717, 1.165) is 22.2 Å². The van der Waals surface area contributed by atoms with Crippen LogP contribution in [0.5, 0.6) is 5.75 Å². The minimum atomic E-state index is -3.17. The number of benzene rings is 1. The van der Waals surface area contributed by atoms with Gasteiger partial charge in [-0.05, 0) is 49.7 Å². The lowest BCUT2D eigenvalue weighted by Crippen LogP contribution is -2.23. The SMILES string of the molecule is COc1ccc(C(=O)c2cc3cc(C)n(CCCNS(C)(=O)=O)c3s2)cc1. The van der Waals surface area contributed by atoms with Gasteiger partial charge in [0.25, 0.3) is 0 Å². The highest BCUT2D eigenvalue weighted by Crippen LogP contribution is 2.31. The van der Waals surface area contributed by atoms with E-state index in [1.54, 1.807) is 31.4 Å². The molecule has 0 fully saturated rings. The van der Waals surface area contributed by atoms with Crippen LogP contribution < -0.4 is 9.46 Å². The molecule has 0 aliphatic carbocycles. The molecule has 8 heteroatoms. The molecule has 0 radical (unpaired) electrons. The number of sulfonamides is 1. The maximum Gasteiger partial charge on any atom is 0.208 e. The third-order valence-electron chi connectivity index (χ3n) is 4.27. The molecule has 0 spiro atoms. The zero-order valence-corrected chi connectivity index (χ0v) is 17.1. The molecule has 2 aromatic heterocycles. The Labute approximate surface area is 162 Å². The molecular weight excluding hydrogens is 384 g/mol. The third-order valence-corrected chi connectivity index (χ3v) is 6.18. The predicted octanol–water partition coefficient (Wildman–Crippen LogP) is 3.19. The molecule has 1 aromatic carbocycles. The summed E-state index contributed by atoms with van der Waals surface area (Å²) in [5, 5.41) is 1.03. The first-order valence-corrected chi connectivity index (χ1v) is 11.2. The summed E-state index contributed by atoms with van der Waals surface area (Å²) in [5.74, 6) is 0.703. The fourth-order valence-corrected chi connectivity index (χ4v) is 4.64. The summed E-state index contributed by atoms with van der Waals surface area (Å²) >= 11 is 1.46. The fraction of sp³-hybridized carbons (Fsp3) is 0.316. The number of thiophene rings is 1. The van der Waals surface area contributed by atoms with Gasteiger partial charge in [-0.3, -0.25) is 4.79 Å². The van der Waals surface area contributed by atoms with Crippen molar-refractivity contribution in [3.63, 3.8) is 0 Å². The number of carbonyl (C=O) groups is 1. The second kappa shape index (κ2) is 7.84. The molecule has 0 aliphatic rings. The number of methoxy groups -OCH3 is 1. The van der Waals surface area contributed by atoms with Crippen molar-refractivity contribution in [2.45, 2.75) is 19.9 Å². The Kier molecular flexibility index (Phi) is 5.69. The van der Waals surface area contributed by atoms with E-state index in [1.165, 1.54) is 11.3 Å². The minimum Gasteiger partial charge on any atom is -0.497 e. The summed E-state index contributed by atoms with van der Waals surface area (Å²) < 4.78 is 32.1. The van der Waals surface area contributed by atoms with E-state index in [2.05, 4.69) is 15.4 Å². The number of hydrogen-bond acceptors (Lipinski definition) is 5. The zero-order chi connectivity index (χ0) is 19.6. The molecule has 0 unspecified atom stereocenters. The van der Waals surface area contributed by atoms with Gasteiger partial charge < -0.3 is 9.30 Å². The average molecular weight is 407 g/mol. The Morgan fingerprint density at radius 2 is 1.93 bits per heavy atom. The van der Waals surface area contributed by atoms with Crippen LogP contribution in [0, 0.1) is 6.92 Å². The third kappa shape index (κ3) is 4.58. The maximum absolute atomic E-state index is 12.8. The summed E-state index contributed by atoms with van der Waals surface area (Å²) in [7, 11) is -1.58. The van der Waals surface area contributed by atoms with E-state index in [-0.39, 0.29) is 5.78 Å². The van der Waals surface area contributed by atoms with E-state index in [0.29, 0.717) is 35.7 Å². The number of ketones is 1. The highest BCUT2D eigenvalue weighted by Gasteiger charge is 2.16. The highest BCUT2D eigenvalue weighted by molar-refractivity contribution is 7.88. The van der Waals surface area contributed by atoms with Crippen molar-refractivity contribution in [3.8, 4) is 5.75 Å². The van der Waals surface area contributed by atoms with Crippen molar-refractivity contribution in [1.29, 1.82) is 0 Å². The van der Waals surface area contributed by atoms with Crippen molar-refractivity contribution in [3.05, 3.63) is 52.5 Å². The van der Waals surface area contributed by atoms with Crippen LogP contribution in [-0.4, -0.2) is 38.7 Å². The van der Waals surface area contributed by atoms with Gasteiger partial charge in [-0.15, -0.1) is 11.3 Å². The maximum atomic E-state index is 12.8. The lowest BCUT2D eigenvalue weighted by Gasteiger charge is -2.07. The zero-order valence-electron chi connectivity index (χ0n) is 15.5. The summed E-state index contributed by atoms with van der Waals surface area (Å²) in [4.78, 5) is 14.5. The van der Waals surface area contributed by atoms with Crippen LogP contribution in [0.25, 0.3) is 10.2 Å². The molecular formula is C19H22N2O4S2. The number of nitrogens with one attached hydrogen (secondary N) is 1. The largest absolute Gasteiger partial charge is 0.497 e. The molecule has 0 bridgehead atoms. The number of aromatic nitrogens is 1. The smallest absolute Gasteiger partial charge is 0.208 e. The second-order valence-corrected chi connectivity index (χ2v) is 9.25. The number of ether oxygens (including phenoxy) is 1. The Balaban J connectivity index is 1.78. The molecule has 1 N–H and O–H groups in total. The first-order chi connectivity index (χ1) is 12.8. The Morgan fingerprint density at radius 3 is 2.56 bits per heavy atom. The van der Waals surface area contributed by atoms with Crippen molar-refractivity contribution >= 4 is 37.4 Å². The van der Waals surface area contributed by atoms with Gasteiger partial charge in [0.1, 0.15) is 10.6 Å². The van der Waals surface area contributed by atoms with Crippen LogP contribution in [-0.2, 0) is 16.6 Å². The number of aryl methyl sites for hydroxylation is 2. The van der Waals surface area contributed by atoms with Gasteiger partial charge in [0, 0.05) is 29.7 Å². The first kappa shape index (κ1) is 19.6. The quantitative estimate of drug-likeness (QED) is 0.460. The molecule has 144 valence electrons. The van der Waals surface area contributed by atoms with Crippen LogP contribution in [0.15, 0.2) is 36.4 Å². The fourth-order valence-electron chi connectivity index (χ4n) is 2.94. The van der Waals surface area contributed by atoms with Crippen LogP contribution >= 0.6 is 11.3 Å². The monoisotopic (exact) mass is 406 g/mol. The average Bonchev–Trinajstić information content (AvgIpc) is 3.15. The molecule has 6 nitrogen and oxygen atoms in total.